The lowest BCUT2D eigenvalue weighted by Crippen LogP contribution is -2.48. The van der Waals surface area contributed by atoms with Crippen LogP contribution in [0.25, 0.3) is 22.3 Å². The van der Waals surface area contributed by atoms with E-state index in [1.165, 1.54) is 22.3 Å². The molecule has 400 valence electrons. The van der Waals surface area contributed by atoms with Gasteiger partial charge in [0.2, 0.25) is 0 Å². The molecule has 2 aliphatic carbocycles. The fraction of sp³-hybridized carbons (Fsp3) is 0.527. The Morgan fingerprint density at radius 1 is 0.868 bits per heavy atom. The number of nitrogens with zero attached hydrogens (tertiary/aromatic N) is 13. The minimum Gasteiger partial charge on any atom is -0.483 e. The zero-order valence-electron chi connectivity index (χ0n) is 44.6. The van der Waals surface area contributed by atoms with Crippen LogP contribution < -0.4 is 30.7 Å². The number of aromatic amines is 1. The average Bonchev–Trinajstić information content (AvgIpc) is 4.19. The van der Waals surface area contributed by atoms with E-state index in [9.17, 15) is 15.3 Å². The van der Waals surface area contributed by atoms with Crippen molar-refractivity contribution in [1.29, 1.82) is 10.5 Å². The minimum absolute atomic E-state index is 0.102. The van der Waals surface area contributed by atoms with Gasteiger partial charge in [-0.05, 0) is 120 Å². The molecule has 5 aliphatic rings. The topological polar surface area (TPSA) is 269 Å². The summed E-state index contributed by atoms with van der Waals surface area (Å²) < 4.78 is 13.6. The molecule has 4 aromatic heterocycles. The zero-order valence-corrected chi connectivity index (χ0v) is 44.6. The highest BCUT2D eigenvalue weighted by atomic mass is 16.6. The number of alkyl carbamates (subject to hydrolysis) is 1. The third-order valence-corrected chi connectivity index (χ3v) is 16.2. The normalized spacial score (nSPS) is 20.9. The standard InChI is InChI=1S/C32H42N8O3.C22H26N8.CH2O2/c1-21(19-33)38(5)29-26-28(40(37-29)25-12-8-9-17-42-25)35-24(20-34-26)39-15-13-32(14-16-39)18-22-10-6-7-11-23(22)27(32)36-30(41)43-31(2,3)4;1-14(12-23)29(2)21-18-20(27-28-21)26-17(13-25-18)30-9-7-22(8-10-30)11-15-5-3-4-6-16(15)19(22)24;2-1-3/h6-7,10-11,20-21,25,27H,8-9,12-18H2,1-5H3,(H,36,41);3-6,13-14,19H,7-11,24H2,1-2H3,(H,26,27,28);1H,(H,2,3)/t21-,25?,27+;14-,19+;/m00./s1. The fourth-order valence-corrected chi connectivity index (χ4v) is 11.7. The molecule has 3 aliphatic heterocycles. The van der Waals surface area contributed by atoms with Crippen LogP contribution in [0.3, 0.4) is 0 Å². The lowest BCUT2D eigenvalue weighted by Gasteiger charge is -2.43. The number of carboxylic acid groups (broad SMARTS) is 1. The molecule has 3 saturated heterocycles. The first-order valence-corrected chi connectivity index (χ1v) is 26.3. The monoisotopic (exact) mass is 1030 g/mol. The second-order valence-corrected chi connectivity index (χ2v) is 21.9. The number of piperidine rings is 2. The first-order chi connectivity index (χ1) is 36.5. The molecule has 76 heavy (non-hydrogen) atoms. The number of benzene rings is 2. The Kier molecular flexibility index (Phi) is 15.3. The molecule has 11 rings (SSSR count). The first kappa shape index (κ1) is 53.2. The Labute approximate surface area is 443 Å². The molecule has 0 saturated carbocycles. The van der Waals surface area contributed by atoms with Crippen molar-refractivity contribution in [2.45, 2.75) is 128 Å². The number of nitriles is 2. The number of amides is 1. The van der Waals surface area contributed by atoms with E-state index in [1.54, 1.807) is 4.90 Å². The summed E-state index contributed by atoms with van der Waals surface area (Å²) in [6.45, 7) is 13.2. The number of carbonyl (C=O) groups excluding carboxylic acids is 1. The Balaban J connectivity index is 0.000000187. The number of ether oxygens (including phenoxy) is 2. The van der Waals surface area contributed by atoms with E-state index in [2.05, 4.69) is 84.9 Å². The number of anilines is 4. The Hall–Kier alpha value is -7.62. The number of hydrogen-bond donors (Lipinski definition) is 4. The van der Waals surface area contributed by atoms with Crippen molar-refractivity contribution in [1.82, 2.24) is 45.2 Å². The van der Waals surface area contributed by atoms with E-state index in [1.807, 2.05) is 76.8 Å². The molecule has 2 aromatic carbocycles. The highest BCUT2D eigenvalue weighted by molar-refractivity contribution is 5.86. The molecule has 0 radical (unpaired) electrons. The van der Waals surface area contributed by atoms with Crippen LogP contribution in [0, 0.1) is 33.5 Å². The number of nitrogens with two attached hydrogens (primary N) is 1. The predicted molar refractivity (Wildman–Crippen MR) is 289 cm³/mol. The van der Waals surface area contributed by atoms with Crippen LogP contribution in [0.4, 0.5) is 28.1 Å². The van der Waals surface area contributed by atoms with Crippen LogP contribution in [-0.4, -0.2) is 122 Å². The molecule has 5 N–H and O–H groups in total. The van der Waals surface area contributed by atoms with Crippen LogP contribution in [0.2, 0.25) is 0 Å². The maximum Gasteiger partial charge on any atom is 0.408 e. The number of rotatable bonds is 8. The molecule has 1 unspecified atom stereocenters. The third-order valence-electron chi connectivity index (χ3n) is 16.2. The molecule has 0 bridgehead atoms. The smallest absolute Gasteiger partial charge is 0.408 e. The van der Waals surface area contributed by atoms with Gasteiger partial charge in [0.1, 0.15) is 29.3 Å². The van der Waals surface area contributed by atoms with E-state index in [0.717, 1.165) is 95.6 Å². The predicted octanol–water partition coefficient (Wildman–Crippen LogP) is 7.53. The van der Waals surface area contributed by atoms with Gasteiger partial charge >= 0.3 is 6.09 Å². The van der Waals surface area contributed by atoms with Crippen LogP contribution in [0.5, 0.6) is 0 Å². The van der Waals surface area contributed by atoms with E-state index in [0.29, 0.717) is 40.6 Å². The molecule has 6 aromatic rings. The summed E-state index contributed by atoms with van der Waals surface area (Å²) in [4.78, 5) is 48.9. The molecular weight excluding hydrogens is 965 g/mol. The number of hydrogen-bond acceptors (Lipinski definition) is 17. The lowest BCUT2D eigenvalue weighted by molar-refractivity contribution is -0.122. The SMILES string of the molecule is C[C@@H](C#N)N(C)c1n[nH]c2nc(N3CCC4(CC3)Cc3ccccc3[C@H]4N)cnc12.C[C@@H](C#N)N(C)c1nn(C2CCCCO2)c2nc(N3CCC4(CC3)Cc3ccccc3[C@H]4NC(=O)OC(C)(C)C)cnc12.O=CO. The summed E-state index contributed by atoms with van der Waals surface area (Å²) in [6.07, 6.45) is 11.9. The number of nitrogens with one attached hydrogen (secondary N) is 2. The van der Waals surface area contributed by atoms with Gasteiger partial charge in [-0.2, -0.15) is 15.6 Å². The van der Waals surface area contributed by atoms with Crippen LogP contribution in [0.15, 0.2) is 60.9 Å². The summed E-state index contributed by atoms with van der Waals surface area (Å²) >= 11 is 0. The fourth-order valence-electron chi connectivity index (χ4n) is 11.7. The van der Waals surface area contributed by atoms with Gasteiger partial charge in [-0.1, -0.05) is 48.5 Å². The van der Waals surface area contributed by atoms with Gasteiger partial charge in [-0.3, -0.25) is 9.89 Å². The van der Waals surface area contributed by atoms with Crippen LogP contribution in [0.1, 0.15) is 120 Å². The van der Waals surface area contributed by atoms with Gasteiger partial charge in [0.15, 0.2) is 40.2 Å². The maximum absolute atomic E-state index is 12.9. The highest BCUT2D eigenvalue weighted by Gasteiger charge is 2.49. The molecule has 5 atom stereocenters. The Morgan fingerprint density at radius 3 is 2.01 bits per heavy atom. The average molecular weight is 1040 g/mol. The third kappa shape index (κ3) is 10.5. The van der Waals surface area contributed by atoms with E-state index in [4.69, 9.17) is 45.2 Å². The number of fused-ring (bicyclic) bond motifs is 4. The van der Waals surface area contributed by atoms with Crippen molar-refractivity contribution in [2.75, 3.05) is 66.5 Å². The van der Waals surface area contributed by atoms with Crippen molar-refractivity contribution in [3.05, 3.63) is 83.2 Å². The Bertz CT molecular complexity index is 3120. The van der Waals surface area contributed by atoms with Crippen molar-refractivity contribution >= 4 is 58.2 Å². The summed E-state index contributed by atoms with van der Waals surface area (Å²) in [5.41, 5.74) is 14.0. The summed E-state index contributed by atoms with van der Waals surface area (Å²) in [7, 11) is 3.70. The molecule has 2 spiro atoms. The largest absolute Gasteiger partial charge is 0.483 e. The lowest BCUT2D eigenvalue weighted by atomic mass is 9.72. The van der Waals surface area contributed by atoms with Crippen LogP contribution >= 0.6 is 0 Å². The molecule has 21 nitrogen and oxygen atoms in total. The molecule has 21 heteroatoms. The first-order valence-electron chi connectivity index (χ1n) is 26.3. The summed E-state index contributed by atoms with van der Waals surface area (Å²) in [6, 6.07) is 20.9. The zero-order chi connectivity index (χ0) is 53.9. The van der Waals surface area contributed by atoms with E-state index >= 15 is 0 Å². The molecule has 7 heterocycles. The number of aromatic nitrogens is 8. The van der Waals surface area contributed by atoms with Gasteiger partial charge in [0, 0.05) is 58.3 Å². The van der Waals surface area contributed by atoms with Gasteiger partial charge in [0.05, 0.1) is 30.6 Å². The van der Waals surface area contributed by atoms with Crippen molar-refractivity contribution in [2.24, 2.45) is 16.6 Å². The quantitative estimate of drug-likeness (QED) is 0.107. The number of H-pyrrole nitrogens is 1. The van der Waals surface area contributed by atoms with Crippen LogP contribution in [-0.2, 0) is 27.1 Å². The van der Waals surface area contributed by atoms with Gasteiger partial charge in [-0.15, -0.1) is 5.10 Å². The van der Waals surface area contributed by atoms with Crippen molar-refractivity contribution in [3.8, 4) is 12.1 Å². The number of carbonyl (C=O) groups is 2. The second-order valence-electron chi connectivity index (χ2n) is 21.9. The molecule has 3 fully saturated rings. The second kappa shape index (κ2) is 21.9. The molecule has 1 amide bonds. The summed E-state index contributed by atoms with van der Waals surface area (Å²) in [5.74, 6) is 2.93. The van der Waals surface area contributed by atoms with Gasteiger partial charge in [0.25, 0.3) is 6.47 Å². The van der Waals surface area contributed by atoms with E-state index in [-0.39, 0.29) is 53.8 Å². The highest BCUT2D eigenvalue weighted by Crippen LogP contribution is 2.53. The maximum atomic E-state index is 12.9. The van der Waals surface area contributed by atoms with Gasteiger partial charge in [-0.25, -0.2) is 29.4 Å². The van der Waals surface area contributed by atoms with Crippen molar-refractivity contribution < 1.29 is 24.2 Å². The van der Waals surface area contributed by atoms with Gasteiger partial charge < -0.3 is 45.2 Å². The Morgan fingerprint density at radius 2 is 1.42 bits per heavy atom. The summed E-state index contributed by atoms with van der Waals surface area (Å²) in [5, 5.41) is 41.0. The van der Waals surface area contributed by atoms with Crippen molar-refractivity contribution in [3.63, 3.8) is 0 Å². The molecular formula is C55H70N16O5. The minimum atomic E-state index is -0.563. The van der Waals surface area contributed by atoms with E-state index < -0.39 is 5.60 Å².